The van der Waals surface area contributed by atoms with Gasteiger partial charge in [0, 0.05) is 34.4 Å². The second kappa shape index (κ2) is 16.6. The number of piperidine rings is 1. The molecule has 0 radical (unpaired) electrons. The molecule has 2 amide bonds. The fraction of sp³-hybridized carbons (Fsp3) is 0.351. The number of likely N-dealkylation sites (tertiary alicyclic amines) is 1. The first-order chi connectivity index (χ1) is 25.0. The molecular formula is C37H35ClF5N3O6S. The summed E-state index contributed by atoms with van der Waals surface area (Å²) < 4.78 is 71.1. The fourth-order valence-corrected chi connectivity index (χ4v) is 7.16. The first kappa shape index (κ1) is 39.6. The molecule has 1 saturated carbocycles. The highest BCUT2D eigenvalue weighted by Crippen LogP contribution is 2.36. The third kappa shape index (κ3) is 9.89. The summed E-state index contributed by atoms with van der Waals surface area (Å²) in [5.41, 5.74) is 6.95. The third-order valence-corrected chi connectivity index (χ3v) is 10.3. The number of benzene rings is 3. The Morgan fingerprint density at radius 2 is 1.43 bits per heavy atom. The summed E-state index contributed by atoms with van der Waals surface area (Å²) in [4.78, 5) is 50.5. The van der Waals surface area contributed by atoms with E-state index < -0.39 is 47.3 Å². The van der Waals surface area contributed by atoms with E-state index in [4.69, 9.17) is 32.0 Å². The van der Waals surface area contributed by atoms with Crippen LogP contribution in [0.2, 0.25) is 5.02 Å². The fourth-order valence-electron chi connectivity index (χ4n) is 6.01. The van der Waals surface area contributed by atoms with Crippen LogP contribution in [-0.2, 0) is 20.3 Å². The zero-order valence-corrected chi connectivity index (χ0v) is 29.6. The molecule has 0 spiro atoms. The number of halogens is 6. The van der Waals surface area contributed by atoms with Crippen molar-refractivity contribution < 1.29 is 51.0 Å². The molecule has 3 aromatic carbocycles. The van der Waals surface area contributed by atoms with Crippen LogP contribution in [0.1, 0.15) is 53.8 Å². The molecule has 1 aliphatic heterocycles. The largest absolute Gasteiger partial charge is 0.490 e. The summed E-state index contributed by atoms with van der Waals surface area (Å²) in [6.07, 6.45) is 0.206. The number of ketones is 1. The van der Waals surface area contributed by atoms with Crippen molar-refractivity contribution in [2.45, 2.75) is 68.8 Å². The number of fused-ring (bicyclic) bond motifs is 1. The maximum atomic E-state index is 16.3. The number of nitrogens with two attached hydrogens (primary N) is 1. The molecule has 16 heteroatoms. The Balaban J connectivity index is 0.000000705. The van der Waals surface area contributed by atoms with Crippen LogP contribution in [0.5, 0.6) is 5.75 Å². The molecule has 2 aliphatic rings. The van der Waals surface area contributed by atoms with Gasteiger partial charge >= 0.3 is 18.1 Å². The van der Waals surface area contributed by atoms with Gasteiger partial charge in [-0.2, -0.15) is 22.0 Å². The first-order valence-electron chi connectivity index (χ1n) is 16.7. The molecule has 53 heavy (non-hydrogen) atoms. The Morgan fingerprint density at radius 3 is 2.00 bits per heavy atom. The van der Waals surface area contributed by atoms with Gasteiger partial charge < -0.3 is 25.8 Å². The van der Waals surface area contributed by atoms with Crippen molar-refractivity contribution in [2.75, 3.05) is 13.1 Å². The molecule has 1 atom stereocenters. The molecule has 282 valence electrons. The normalized spacial score (nSPS) is 16.1. The minimum Gasteiger partial charge on any atom is -0.490 e. The van der Waals surface area contributed by atoms with Gasteiger partial charge in [0.15, 0.2) is 6.04 Å². The second-order valence-corrected chi connectivity index (χ2v) is 14.3. The highest BCUT2D eigenvalue weighted by atomic mass is 35.5. The summed E-state index contributed by atoms with van der Waals surface area (Å²) in [7, 11) is 0. The van der Waals surface area contributed by atoms with Gasteiger partial charge in [-0.05, 0) is 91.4 Å². The van der Waals surface area contributed by atoms with Gasteiger partial charge in [-0.3, -0.25) is 14.4 Å². The van der Waals surface area contributed by atoms with Gasteiger partial charge in [0.1, 0.15) is 5.75 Å². The number of hydrogen-bond donors (Lipinski definition) is 3. The van der Waals surface area contributed by atoms with Crippen molar-refractivity contribution in [1.29, 1.82) is 0 Å². The molecule has 1 unspecified atom stereocenters. The van der Waals surface area contributed by atoms with Gasteiger partial charge in [-0.1, -0.05) is 48.0 Å². The molecule has 4 aromatic rings. The van der Waals surface area contributed by atoms with Gasteiger partial charge in [0.2, 0.25) is 0 Å². The number of nitrogens with one attached hydrogen (secondary N) is 1. The maximum absolute atomic E-state index is 16.3. The lowest BCUT2D eigenvalue weighted by Crippen LogP contribution is -2.58. The van der Waals surface area contributed by atoms with Crippen LogP contribution in [0.25, 0.3) is 21.2 Å². The lowest BCUT2D eigenvalue weighted by Gasteiger charge is -2.35. The third-order valence-electron chi connectivity index (χ3n) is 8.95. The van der Waals surface area contributed by atoms with E-state index in [9.17, 15) is 27.6 Å². The molecular weight excluding hydrogens is 745 g/mol. The molecule has 1 aliphatic carbocycles. The summed E-state index contributed by atoms with van der Waals surface area (Å²) in [6, 6.07) is 17.0. The Bertz CT molecular complexity index is 1940. The van der Waals surface area contributed by atoms with Crippen LogP contribution in [0.15, 0.2) is 72.8 Å². The number of ether oxygens (including phenoxy) is 1. The van der Waals surface area contributed by atoms with Crippen molar-refractivity contribution >= 4 is 56.6 Å². The number of thiophene rings is 1. The van der Waals surface area contributed by atoms with Gasteiger partial charge in [-0.25, -0.2) is 4.79 Å². The van der Waals surface area contributed by atoms with E-state index in [1.54, 1.807) is 36.4 Å². The molecule has 0 bridgehead atoms. The van der Waals surface area contributed by atoms with Gasteiger partial charge in [0.05, 0.1) is 11.0 Å². The molecule has 6 rings (SSSR count). The summed E-state index contributed by atoms with van der Waals surface area (Å²) in [6.45, 7) is 0.348. The zero-order valence-electron chi connectivity index (χ0n) is 28.0. The van der Waals surface area contributed by atoms with Gasteiger partial charge in [-0.15, -0.1) is 11.3 Å². The number of carboxylic acids is 1. The quantitative estimate of drug-likeness (QED) is 0.0905. The molecule has 4 N–H and O–H groups in total. The van der Waals surface area contributed by atoms with Crippen molar-refractivity contribution in [3.63, 3.8) is 0 Å². The first-order valence-corrected chi connectivity index (χ1v) is 17.9. The minimum atomic E-state index is -5.08. The van der Waals surface area contributed by atoms with Crippen LogP contribution in [0.4, 0.5) is 22.0 Å². The van der Waals surface area contributed by atoms with E-state index in [-0.39, 0.29) is 30.1 Å². The average molecular weight is 780 g/mol. The van der Waals surface area contributed by atoms with E-state index in [1.807, 2.05) is 12.1 Å². The number of carbonyl (C=O) groups excluding carboxylic acids is 3. The number of nitrogens with zero attached hydrogens (tertiary/aromatic N) is 1. The predicted molar refractivity (Wildman–Crippen MR) is 189 cm³/mol. The summed E-state index contributed by atoms with van der Waals surface area (Å²) in [5, 5.41) is 10.5. The van der Waals surface area contributed by atoms with Crippen LogP contribution >= 0.6 is 22.9 Å². The SMILES string of the molecule is NC1CCN(C(=O)C(NC(=O)C(=O)c2cc3ccc(OC4CCCC4)cc3s2)C(F)(F)c2ccc(-c3ccc(Cl)cc3)cc2)CC1.O=C(O)C(F)(F)F. The molecule has 2 fully saturated rings. The predicted octanol–water partition coefficient (Wildman–Crippen LogP) is 7.59. The number of carboxylic acid groups (broad SMARTS) is 1. The Labute approximate surface area is 309 Å². The van der Waals surface area contributed by atoms with Crippen LogP contribution in [0, 0.1) is 0 Å². The van der Waals surface area contributed by atoms with Crippen LogP contribution in [0.3, 0.4) is 0 Å². The van der Waals surface area contributed by atoms with Crippen molar-refractivity contribution in [2.24, 2.45) is 5.73 Å². The maximum Gasteiger partial charge on any atom is 0.490 e. The van der Waals surface area contributed by atoms with E-state index >= 15 is 8.78 Å². The smallest absolute Gasteiger partial charge is 0.490 e. The van der Waals surface area contributed by atoms with E-state index in [0.29, 0.717) is 29.2 Å². The van der Waals surface area contributed by atoms with Crippen LogP contribution in [-0.4, -0.2) is 71.0 Å². The molecule has 1 saturated heterocycles. The zero-order chi connectivity index (χ0) is 38.5. The second-order valence-electron chi connectivity index (χ2n) is 12.7. The Kier molecular flexibility index (Phi) is 12.4. The monoisotopic (exact) mass is 779 g/mol. The summed E-state index contributed by atoms with van der Waals surface area (Å²) in [5.74, 6) is -9.15. The topological polar surface area (TPSA) is 139 Å². The van der Waals surface area contributed by atoms with E-state index in [1.165, 1.54) is 29.2 Å². The number of amides is 2. The van der Waals surface area contributed by atoms with Gasteiger partial charge in [0.25, 0.3) is 17.6 Å². The molecule has 2 heterocycles. The number of Topliss-reactive ketones (excluding diaryl/α,β-unsaturated/α-hetero) is 1. The van der Waals surface area contributed by atoms with Crippen LogP contribution < -0.4 is 15.8 Å². The number of rotatable bonds is 9. The lowest BCUT2D eigenvalue weighted by molar-refractivity contribution is -0.192. The molecule has 1 aromatic heterocycles. The van der Waals surface area contributed by atoms with Crippen molar-refractivity contribution in [3.05, 3.63) is 88.3 Å². The Hall–Kier alpha value is -4.60. The Morgan fingerprint density at radius 1 is 0.868 bits per heavy atom. The number of alkyl halides is 5. The van der Waals surface area contributed by atoms with Crippen molar-refractivity contribution in [1.82, 2.24) is 10.2 Å². The molecule has 9 nitrogen and oxygen atoms in total. The summed E-state index contributed by atoms with van der Waals surface area (Å²) >= 11 is 7.05. The van der Waals surface area contributed by atoms with E-state index in [0.717, 1.165) is 52.7 Å². The highest BCUT2D eigenvalue weighted by Gasteiger charge is 2.49. The number of aliphatic carboxylic acids is 1. The van der Waals surface area contributed by atoms with E-state index in [2.05, 4.69) is 5.32 Å². The van der Waals surface area contributed by atoms with Crippen molar-refractivity contribution in [3.8, 4) is 16.9 Å². The average Bonchev–Trinajstić information content (AvgIpc) is 3.80. The number of carbonyl (C=O) groups is 4. The standard InChI is InChI=1S/C35H34ClF2N3O4S.C2HF3O2/c36-25-12-7-22(8-13-25)21-5-10-24(11-6-21)35(37,38)32(34(44)41-17-15-26(39)16-18-41)40-33(43)31(42)30-19-23-9-14-28(20-29(23)46-30)45-27-3-1-2-4-27;3-2(4,5)1(6)7/h5-14,19-20,26-27,32H,1-4,15-18,39H2,(H,40,43);(H,6,7). The highest BCUT2D eigenvalue weighted by molar-refractivity contribution is 7.21. The minimum absolute atomic E-state index is 0.0799. The lowest BCUT2D eigenvalue weighted by atomic mass is 9.95. The number of hydrogen-bond acceptors (Lipinski definition) is 7.